The van der Waals surface area contributed by atoms with Crippen LogP contribution in [0.1, 0.15) is 12.5 Å². The first-order valence-electron chi connectivity index (χ1n) is 3.67. The molecule has 1 N–H and O–H groups in total. The molecule has 13 heavy (non-hydrogen) atoms. The first-order chi connectivity index (χ1) is 6.09. The number of benzene rings is 1. The number of carbonyl (C=O) groups is 1. The number of thiocarbonyl (C=S) groups is 1. The van der Waals surface area contributed by atoms with Crippen LogP contribution in [0.3, 0.4) is 0 Å². The monoisotopic (exact) mass is 213 g/mol. The Morgan fingerprint density at radius 3 is 2.38 bits per heavy atom. The Morgan fingerprint density at radius 2 is 1.92 bits per heavy atom. The van der Waals surface area contributed by atoms with Gasteiger partial charge < -0.3 is 5.32 Å². The summed E-state index contributed by atoms with van der Waals surface area (Å²) in [6, 6.07) is 6.98. The van der Waals surface area contributed by atoms with Gasteiger partial charge in [-0.1, -0.05) is 36.0 Å². The van der Waals surface area contributed by atoms with E-state index in [4.69, 9.17) is 23.8 Å². The molecule has 1 rings (SSSR count). The number of hydrogen-bond donors (Lipinski definition) is 1. The standard InChI is InChI=1S/C9H8ClNOS/c1-6(12)11-9(13)7-2-4-8(10)5-3-7/h2-5H,1H3,(H,11,12,13). The van der Waals surface area contributed by atoms with Gasteiger partial charge in [-0.25, -0.2) is 0 Å². The van der Waals surface area contributed by atoms with E-state index in [2.05, 4.69) is 5.32 Å². The summed E-state index contributed by atoms with van der Waals surface area (Å²) in [7, 11) is 0. The highest BCUT2D eigenvalue weighted by molar-refractivity contribution is 7.80. The van der Waals surface area contributed by atoms with Crippen LogP contribution in [0.25, 0.3) is 0 Å². The number of nitrogens with one attached hydrogen (secondary N) is 1. The minimum absolute atomic E-state index is 0.167. The Kier molecular flexibility index (Phi) is 3.39. The molecule has 0 atom stereocenters. The first kappa shape index (κ1) is 10.2. The molecule has 0 saturated carbocycles. The SMILES string of the molecule is CC(=O)NC(=S)c1ccc(Cl)cc1. The molecule has 1 aromatic carbocycles. The van der Waals surface area contributed by atoms with Crippen molar-refractivity contribution >= 4 is 34.7 Å². The lowest BCUT2D eigenvalue weighted by Gasteiger charge is -2.03. The molecule has 68 valence electrons. The zero-order valence-electron chi connectivity index (χ0n) is 7.00. The van der Waals surface area contributed by atoms with Crippen LogP contribution in [0.5, 0.6) is 0 Å². The zero-order chi connectivity index (χ0) is 9.84. The van der Waals surface area contributed by atoms with Crippen molar-refractivity contribution in [2.24, 2.45) is 0 Å². The van der Waals surface area contributed by atoms with Gasteiger partial charge in [-0.05, 0) is 12.1 Å². The normalized spacial score (nSPS) is 9.38. The van der Waals surface area contributed by atoms with Gasteiger partial charge >= 0.3 is 0 Å². The van der Waals surface area contributed by atoms with Gasteiger partial charge in [-0.2, -0.15) is 0 Å². The average molecular weight is 214 g/mol. The molecule has 0 aliphatic heterocycles. The van der Waals surface area contributed by atoms with E-state index < -0.39 is 0 Å². The van der Waals surface area contributed by atoms with Crippen LogP contribution in [0.15, 0.2) is 24.3 Å². The molecular weight excluding hydrogens is 206 g/mol. The van der Waals surface area contributed by atoms with Crippen molar-refractivity contribution in [1.82, 2.24) is 5.32 Å². The zero-order valence-corrected chi connectivity index (χ0v) is 8.58. The van der Waals surface area contributed by atoms with Gasteiger partial charge in [0.05, 0.1) is 0 Å². The lowest BCUT2D eigenvalue weighted by Crippen LogP contribution is -2.26. The second kappa shape index (κ2) is 4.35. The molecule has 2 nitrogen and oxygen atoms in total. The van der Waals surface area contributed by atoms with Gasteiger partial charge in [0.25, 0.3) is 0 Å². The average Bonchev–Trinajstić information content (AvgIpc) is 2.04. The Hall–Kier alpha value is -0.930. The van der Waals surface area contributed by atoms with Crippen LogP contribution in [0.4, 0.5) is 0 Å². The number of halogens is 1. The van der Waals surface area contributed by atoms with Crippen LogP contribution in [-0.4, -0.2) is 10.9 Å². The molecule has 0 radical (unpaired) electrons. The lowest BCUT2D eigenvalue weighted by molar-refractivity contribution is -0.117. The van der Waals surface area contributed by atoms with E-state index in [0.717, 1.165) is 5.56 Å². The largest absolute Gasteiger partial charge is 0.317 e. The van der Waals surface area contributed by atoms with Crippen molar-refractivity contribution in [2.45, 2.75) is 6.92 Å². The Labute approximate surface area is 86.9 Å². The molecule has 1 amide bonds. The minimum Gasteiger partial charge on any atom is -0.317 e. The molecule has 0 aromatic heterocycles. The van der Waals surface area contributed by atoms with E-state index in [0.29, 0.717) is 10.0 Å². The molecule has 0 saturated heterocycles. The Balaban J connectivity index is 2.78. The highest BCUT2D eigenvalue weighted by Gasteiger charge is 2.01. The van der Waals surface area contributed by atoms with Crippen LogP contribution >= 0.6 is 23.8 Å². The summed E-state index contributed by atoms with van der Waals surface area (Å²) in [5, 5.41) is 3.18. The summed E-state index contributed by atoms with van der Waals surface area (Å²) in [6.07, 6.45) is 0. The number of rotatable bonds is 1. The molecule has 4 heteroatoms. The second-order valence-electron chi connectivity index (χ2n) is 2.52. The summed E-state index contributed by atoms with van der Waals surface area (Å²) in [4.78, 5) is 11.1. The van der Waals surface area contributed by atoms with Crippen molar-refractivity contribution in [1.29, 1.82) is 0 Å². The van der Waals surface area contributed by atoms with Crippen molar-refractivity contribution in [2.75, 3.05) is 0 Å². The Morgan fingerprint density at radius 1 is 1.38 bits per heavy atom. The van der Waals surface area contributed by atoms with Crippen LogP contribution in [0.2, 0.25) is 5.02 Å². The Bertz CT molecular complexity index is 334. The minimum atomic E-state index is -0.167. The summed E-state index contributed by atoms with van der Waals surface area (Å²) < 4.78 is 0. The van der Waals surface area contributed by atoms with Gasteiger partial charge in [0, 0.05) is 17.5 Å². The highest BCUT2D eigenvalue weighted by Crippen LogP contribution is 2.09. The molecule has 0 aliphatic rings. The van der Waals surface area contributed by atoms with Gasteiger partial charge in [-0.15, -0.1) is 0 Å². The summed E-state index contributed by atoms with van der Waals surface area (Å²) in [5.41, 5.74) is 0.787. The first-order valence-corrected chi connectivity index (χ1v) is 4.45. The smallest absolute Gasteiger partial charge is 0.221 e. The van der Waals surface area contributed by atoms with E-state index in [9.17, 15) is 4.79 Å². The molecule has 0 heterocycles. The highest BCUT2D eigenvalue weighted by atomic mass is 35.5. The summed E-state index contributed by atoms with van der Waals surface area (Å²) >= 11 is 10.7. The predicted octanol–water partition coefficient (Wildman–Crippen LogP) is 2.15. The maximum absolute atomic E-state index is 10.7. The predicted molar refractivity (Wildman–Crippen MR) is 57.0 cm³/mol. The van der Waals surface area contributed by atoms with Gasteiger partial charge in [0.2, 0.25) is 5.91 Å². The summed E-state index contributed by atoms with van der Waals surface area (Å²) in [5.74, 6) is -0.167. The molecule has 0 unspecified atom stereocenters. The quantitative estimate of drug-likeness (QED) is 0.725. The topological polar surface area (TPSA) is 29.1 Å². The van der Waals surface area contributed by atoms with E-state index in [-0.39, 0.29) is 5.91 Å². The van der Waals surface area contributed by atoms with Crippen LogP contribution in [-0.2, 0) is 4.79 Å². The number of hydrogen-bond acceptors (Lipinski definition) is 2. The fourth-order valence-electron chi connectivity index (χ4n) is 0.833. The van der Waals surface area contributed by atoms with Crippen LogP contribution in [0, 0.1) is 0 Å². The fraction of sp³-hybridized carbons (Fsp3) is 0.111. The maximum atomic E-state index is 10.7. The third kappa shape index (κ3) is 3.13. The van der Waals surface area contributed by atoms with Crippen molar-refractivity contribution < 1.29 is 4.79 Å². The molecule has 0 aliphatic carbocycles. The van der Waals surface area contributed by atoms with E-state index in [1.54, 1.807) is 24.3 Å². The second-order valence-corrected chi connectivity index (χ2v) is 3.36. The summed E-state index contributed by atoms with van der Waals surface area (Å²) in [6.45, 7) is 1.42. The van der Waals surface area contributed by atoms with Crippen LogP contribution < -0.4 is 5.32 Å². The van der Waals surface area contributed by atoms with Crippen molar-refractivity contribution in [3.05, 3.63) is 34.9 Å². The lowest BCUT2D eigenvalue weighted by atomic mass is 10.2. The fourth-order valence-corrected chi connectivity index (χ4v) is 1.24. The van der Waals surface area contributed by atoms with Gasteiger partial charge in [0.1, 0.15) is 4.99 Å². The molecular formula is C9H8ClNOS. The van der Waals surface area contributed by atoms with Gasteiger partial charge in [0.15, 0.2) is 0 Å². The van der Waals surface area contributed by atoms with Crippen molar-refractivity contribution in [3.8, 4) is 0 Å². The van der Waals surface area contributed by atoms with Crippen molar-refractivity contribution in [3.63, 3.8) is 0 Å². The third-order valence-corrected chi connectivity index (χ3v) is 1.99. The van der Waals surface area contributed by atoms with Gasteiger partial charge in [-0.3, -0.25) is 4.79 Å². The number of amides is 1. The molecule has 0 spiro atoms. The van der Waals surface area contributed by atoms with E-state index in [1.807, 2.05) is 0 Å². The molecule has 1 aromatic rings. The maximum Gasteiger partial charge on any atom is 0.221 e. The van der Waals surface area contributed by atoms with E-state index >= 15 is 0 Å². The molecule has 0 fully saturated rings. The third-order valence-electron chi connectivity index (χ3n) is 1.40. The number of carbonyl (C=O) groups excluding carboxylic acids is 1. The molecule has 0 bridgehead atoms. The van der Waals surface area contributed by atoms with E-state index in [1.165, 1.54) is 6.92 Å².